The van der Waals surface area contributed by atoms with Gasteiger partial charge in [0.25, 0.3) is 5.91 Å². The van der Waals surface area contributed by atoms with Crippen LogP contribution in [0.25, 0.3) is 0 Å². The highest BCUT2D eigenvalue weighted by atomic mass is 16.5. The predicted molar refractivity (Wildman–Crippen MR) is 138 cm³/mol. The maximum absolute atomic E-state index is 13.2. The molecule has 0 aromatic carbocycles. The minimum atomic E-state index is -1.22. The van der Waals surface area contributed by atoms with Crippen LogP contribution in [0, 0.1) is 11.3 Å². The highest BCUT2D eigenvalue weighted by Gasteiger charge is 2.32. The number of aliphatic hydroxyl groups is 1. The number of methoxy groups -OCH3 is 1. The number of aromatic nitrogens is 2. The van der Waals surface area contributed by atoms with E-state index in [0.717, 1.165) is 17.5 Å². The number of nitrogens with zero attached hydrogens (tertiary/aromatic N) is 6. The molecule has 1 saturated heterocycles. The predicted octanol–water partition coefficient (Wildman–Crippen LogP) is 1.32. The van der Waals surface area contributed by atoms with Crippen molar-refractivity contribution in [2.45, 2.75) is 38.5 Å². The van der Waals surface area contributed by atoms with Crippen molar-refractivity contribution in [3.05, 3.63) is 46.3 Å². The van der Waals surface area contributed by atoms with Crippen LogP contribution < -0.4 is 10.2 Å². The number of ether oxygens (including phenoxy) is 1. The number of aryl methyl sites for hydroxylation is 2. The Morgan fingerprint density at radius 3 is 2.87 bits per heavy atom. The first kappa shape index (κ1) is 27.1. The smallest absolute Gasteiger partial charge is 0.328 e. The van der Waals surface area contributed by atoms with Gasteiger partial charge < -0.3 is 14.7 Å². The van der Waals surface area contributed by atoms with E-state index in [1.807, 2.05) is 6.07 Å². The molecule has 0 bridgehead atoms. The molecular weight excluding hydrogens is 490 g/mol. The number of fused-ring (bicyclic) bond motifs is 1. The number of rotatable bonds is 8. The molecule has 0 spiro atoms. The van der Waals surface area contributed by atoms with E-state index in [-0.39, 0.29) is 12.2 Å². The fourth-order valence-corrected chi connectivity index (χ4v) is 4.67. The van der Waals surface area contributed by atoms with Gasteiger partial charge in [0.1, 0.15) is 23.4 Å². The third kappa shape index (κ3) is 5.80. The van der Waals surface area contributed by atoms with Crippen LogP contribution in [0.3, 0.4) is 0 Å². The number of nitriles is 1. The molecule has 3 amide bonds. The highest BCUT2D eigenvalue weighted by Crippen LogP contribution is 2.29. The van der Waals surface area contributed by atoms with Gasteiger partial charge in [-0.25, -0.2) is 14.8 Å². The van der Waals surface area contributed by atoms with Crippen molar-refractivity contribution in [3.8, 4) is 6.07 Å². The summed E-state index contributed by atoms with van der Waals surface area (Å²) in [5.74, 6) is 0.275. The van der Waals surface area contributed by atoms with Crippen LogP contribution in [-0.4, -0.2) is 89.7 Å². The standard InChI is InChI=1S/C26H31N7O5/c1-31-8-9-32(25(36)24(31)35)15-19-11-18-5-3-7-33(23(18)29-21(19)16-34)26(37)30-22-12-17(6-4-10-38-2)20(13-27)14-28-22/h11-12,14,16,24,35H,3-10,15H2,1-2H3,(H,28,30,37). The molecule has 1 unspecified atom stereocenters. The number of hydrogen-bond donors (Lipinski definition) is 2. The second kappa shape index (κ2) is 12.1. The fourth-order valence-electron chi connectivity index (χ4n) is 4.67. The number of urea groups is 1. The number of carbonyl (C=O) groups excluding carboxylic acids is 3. The first-order valence-corrected chi connectivity index (χ1v) is 12.5. The van der Waals surface area contributed by atoms with Crippen LogP contribution in [0.2, 0.25) is 0 Å². The first-order chi connectivity index (χ1) is 18.4. The van der Waals surface area contributed by atoms with Gasteiger partial charge in [-0.05, 0) is 56.0 Å². The van der Waals surface area contributed by atoms with Crippen LogP contribution in [0.5, 0.6) is 0 Å². The second-order valence-corrected chi connectivity index (χ2v) is 9.37. The van der Waals surface area contributed by atoms with Gasteiger partial charge in [0.15, 0.2) is 12.5 Å². The van der Waals surface area contributed by atoms with E-state index in [4.69, 9.17) is 4.74 Å². The zero-order valence-corrected chi connectivity index (χ0v) is 21.5. The Bertz CT molecular complexity index is 1260. The number of pyridine rings is 2. The van der Waals surface area contributed by atoms with E-state index >= 15 is 0 Å². The molecule has 2 aliphatic rings. The molecule has 12 nitrogen and oxygen atoms in total. The van der Waals surface area contributed by atoms with Gasteiger partial charge in [-0.2, -0.15) is 5.26 Å². The fraction of sp³-hybridized carbons (Fsp3) is 0.462. The van der Waals surface area contributed by atoms with Crippen molar-refractivity contribution in [2.75, 3.05) is 50.6 Å². The van der Waals surface area contributed by atoms with E-state index in [2.05, 4.69) is 21.4 Å². The summed E-state index contributed by atoms with van der Waals surface area (Å²) in [7, 11) is 3.29. The lowest BCUT2D eigenvalue weighted by Crippen LogP contribution is -2.55. The van der Waals surface area contributed by atoms with Gasteiger partial charge in [0, 0.05) is 51.7 Å². The molecule has 2 aromatic rings. The molecule has 0 radical (unpaired) electrons. The van der Waals surface area contributed by atoms with Crippen LogP contribution in [0.4, 0.5) is 16.4 Å². The number of aldehydes is 1. The summed E-state index contributed by atoms with van der Waals surface area (Å²) >= 11 is 0. The molecule has 200 valence electrons. The van der Waals surface area contributed by atoms with Crippen molar-refractivity contribution in [1.29, 1.82) is 5.26 Å². The Hall–Kier alpha value is -3.92. The van der Waals surface area contributed by atoms with Crippen molar-refractivity contribution in [3.63, 3.8) is 0 Å². The van der Waals surface area contributed by atoms with Gasteiger partial charge in [-0.3, -0.25) is 24.7 Å². The Morgan fingerprint density at radius 2 is 2.13 bits per heavy atom. The molecule has 38 heavy (non-hydrogen) atoms. The van der Waals surface area contributed by atoms with Crippen molar-refractivity contribution in [2.24, 2.45) is 0 Å². The zero-order chi connectivity index (χ0) is 27.2. The van der Waals surface area contributed by atoms with Crippen molar-refractivity contribution < 1.29 is 24.2 Å². The van der Waals surface area contributed by atoms with Crippen LogP contribution in [0.1, 0.15) is 45.6 Å². The number of amides is 3. The summed E-state index contributed by atoms with van der Waals surface area (Å²) in [5, 5.41) is 22.3. The number of piperazine rings is 1. The van der Waals surface area contributed by atoms with Crippen molar-refractivity contribution >= 4 is 29.9 Å². The summed E-state index contributed by atoms with van der Waals surface area (Å²) in [6.45, 7) is 2.03. The lowest BCUT2D eigenvalue weighted by Gasteiger charge is -2.36. The Kier molecular flexibility index (Phi) is 8.62. The van der Waals surface area contributed by atoms with Crippen LogP contribution in [-0.2, 0) is 28.9 Å². The van der Waals surface area contributed by atoms with Gasteiger partial charge in [0.2, 0.25) is 0 Å². The molecule has 1 atom stereocenters. The molecule has 12 heteroatoms. The molecule has 0 saturated carbocycles. The summed E-state index contributed by atoms with van der Waals surface area (Å²) in [6, 6.07) is 5.18. The summed E-state index contributed by atoms with van der Waals surface area (Å²) < 4.78 is 5.09. The summed E-state index contributed by atoms with van der Waals surface area (Å²) in [4.78, 5) is 51.0. The van der Waals surface area contributed by atoms with E-state index < -0.39 is 18.2 Å². The van der Waals surface area contributed by atoms with Crippen molar-refractivity contribution in [1.82, 2.24) is 19.8 Å². The number of nitrogens with one attached hydrogen (secondary N) is 1. The van der Waals surface area contributed by atoms with Gasteiger partial charge in [-0.15, -0.1) is 0 Å². The SMILES string of the molecule is COCCCc1cc(NC(=O)N2CCCc3cc(CN4CCN(C)C(O)C4=O)c(C=O)nc32)ncc1C#N. The van der Waals surface area contributed by atoms with Crippen LogP contribution >= 0.6 is 0 Å². The van der Waals surface area contributed by atoms with Gasteiger partial charge in [0.05, 0.1) is 5.56 Å². The van der Waals surface area contributed by atoms with E-state index in [1.165, 1.54) is 16.0 Å². The number of carbonyl (C=O) groups is 3. The third-order valence-electron chi connectivity index (χ3n) is 6.80. The number of anilines is 2. The average molecular weight is 522 g/mol. The Morgan fingerprint density at radius 1 is 1.32 bits per heavy atom. The number of hydrogen-bond acceptors (Lipinski definition) is 9. The van der Waals surface area contributed by atoms with Gasteiger partial charge in [-0.1, -0.05) is 0 Å². The molecule has 4 heterocycles. The summed E-state index contributed by atoms with van der Waals surface area (Å²) in [5.41, 5.74) is 2.71. The normalized spacial score (nSPS) is 17.6. The number of likely N-dealkylation sites (N-methyl/N-ethyl adjacent to an activating group) is 1. The molecule has 0 aliphatic carbocycles. The quantitative estimate of drug-likeness (QED) is 0.387. The Balaban J connectivity index is 1.54. The van der Waals surface area contributed by atoms with E-state index in [9.17, 15) is 24.8 Å². The van der Waals surface area contributed by atoms with Crippen LogP contribution in [0.15, 0.2) is 18.3 Å². The lowest BCUT2D eigenvalue weighted by atomic mass is 10.0. The van der Waals surface area contributed by atoms with Gasteiger partial charge >= 0.3 is 6.03 Å². The molecule has 4 rings (SSSR count). The minimum absolute atomic E-state index is 0.140. The maximum atomic E-state index is 13.2. The topological polar surface area (TPSA) is 152 Å². The molecular formula is C26H31N7O5. The largest absolute Gasteiger partial charge is 0.385 e. The molecule has 2 aliphatic heterocycles. The Labute approximate surface area is 220 Å². The second-order valence-electron chi connectivity index (χ2n) is 9.37. The maximum Gasteiger partial charge on any atom is 0.328 e. The zero-order valence-electron chi connectivity index (χ0n) is 21.5. The average Bonchev–Trinajstić information content (AvgIpc) is 2.92. The molecule has 2 aromatic heterocycles. The minimum Gasteiger partial charge on any atom is -0.385 e. The third-order valence-corrected chi connectivity index (χ3v) is 6.80. The van der Waals surface area contributed by atoms with E-state index in [1.54, 1.807) is 25.1 Å². The lowest BCUT2D eigenvalue weighted by molar-refractivity contribution is -0.157. The van der Waals surface area contributed by atoms with E-state index in [0.29, 0.717) is 74.6 Å². The first-order valence-electron chi connectivity index (χ1n) is 12.5. The monoisotopic (exact) mass is 521 g/mol. The molecule has 2 N–H and O–H groups in total. The number of aliphatic hydroxyl groups excluding tert-OH is 1. The summed E-state index contributed by atoms with van der Waals surface area (Å²) in [6.07, 6.45) is 3.52. The highest BCUT2D eigenvalue weighted by molar-refractivity contribution is 6.01. The molecule has 1 fully saturated rings.